The van der Waals surface area contributed by atoms with E-state index in [0.717, 1.165) is 10.9 Å². The van der Waals surface area contributed by atoms with Crippen molar-refractivity contribution in [3.05, 3.63) is 36.5 Å². The Hall–Kier alpha value is -1.95. The van der Waals surface area contributed by atoms with Gasteiger partial charge in [0, 0.05) is 11.8 Å². The summed E-state index contributed by atoms with van der Waals surface area (Å²) >= 11 is 0. The molecule has 1 aromatic carbocycles. The SMILES string of the molecule is O=C(CC1CCS(=O)(=O)C1)Nc1cnc2ccccc2c1. The highest BCUT2D eigenvalue weighted by Gasteiger charge is 2.29. The minimum Gasteiger partial charge on any atom is -0.325 e. The Morgan fingerprint density at radius 3 is 2.90 bits per heavy atom. The molecule has 1 aliphatic rings. The van der Waals surface area contributed by atoms with E-state index >= 15 is 0 Å². The number of para-hydroxylation sites is 1. The average molecular weight is 304 g/mol. The number of carbonyl (C=O) groups is 1. The number of amides is 1. The van der Waals surface area contributed by atoms with Crippen molar-refractivity contribution in [2.75, 3.05) is 16.8 Å². The maximum atomic E-state index is 12.0. The number of aromatic nitrogens is 1. The van der Waals surface area contributed by atoms with Gasteiger partial charge in [-0.1, -0.05) is 18.2 Å². The summed E-state index contributed by atoms with van der Waals surface area (Å²) in [7, 11) is -2.94. The van der Waals surface area contributed by atoms with E-state index in [-0.39, 0.29) is 29.8 Å². The molecule has 0 bridgehead atoms. The van der Waals surface area contributed by atoms with Gasteiger partial charge in [-0.05, 0) is 24.5 Å². The van der Waals surface area contributed by atoms with E-state index in [9.17, 15) is 13.2 Å². The molecule has 0 saturated carbocycles. The molecule has 5 nitrogen and oxygen atoms in total. The van der Waals surface area contributed by atoms with Crippen LogP contribution in [-0.2, 0) is 14.6 Å². The van der Waals surface area contributed by atoms with Gasteiger partial charge in [-0.15, -0.1) is 0 Å². The zero-order valence-electron chi connectivity index (χ0n) is 11.5. The van der Waals surface area contributed by atoms with Crippen LogP contribution in [0.15, 0.2) is 36.5 Å². The van der Waals surface area contributed by atoms with Crippen LogP contribution in [0.5, 0.6) is 0 Å². The average Bonchev–Trinajstić information content (AvgIpc) is 2.77. The van der Waals surface area contributed by atoms with Crippen molar-refractivity contribution in [2.24, 2.45) is 5.92 Å². The Morgan fingerprint density at radius 2 is 2.14 bits per heavy atom. The highest BCUT2D eigenvalue weighted by atomic mass is 32.2. The Bertz CT molecular complexity index is 786. The maximum absolute atomic E-state index is 12.0. The van der Waals surface area contributed by atoms with Crippen LogP contribution in [-0.4, -0.2) is 30.8 Å². The molecule has 1 N–H and O–H groups in total. The summed E-state index contributed by atoms with van der Waals surface area (Å²) in [4.78, 5) is 16.3. The second-order valence-corrected chi connectivity index (χ2v) is 7.67. The van der Waals surface area contributed by atoms with Gasteiger partial charge in [0.15, 0.2) is 9.84 Å². The number of benzene rings is 1. The number of hydrogen-bond acceptors (Lipinski definition) is 4. The molecule has 1 aromatic heterocycles. The van der Waals surface area contributed by atoms with Gasteiger partial charge in [0.1, 0.15) is 0 Å². The van der Waals surface area contributed by atoms with E-state index in [1.54, 1.807) is 6.20 Å². The summed E-state index contributed by atoms with van der Waals surface area (Å²) < 4.78 is 22.8. The van der Waals surface area contributed by atoms with E-state index in [4.69, 9.17) is 0 Å². The zero-order valence-corrected chi connectivity index (χ0v) is 12.3. The van der Waals surface area contributed by atoms with Crippen LogP contribution in [0.25, 0.3) is 10.9 Å². The number of carbonyl (C=O) groups excluding carboxylic acids is 1. The first-order valence-electron chi connectivity index (χ1n) is 6.87. The first-order valence-corrected chi connectivity index (χ1v) is 8.69. The molecule has 1 atom stereocenters. The van der Waals surface area contributed by atoms with Crippen LogP contribution < -0.4 is 5.32 Å². The predicted octanol–water partition coefficient (Wildman–Crippen LogP) is 2.00. The van der Waals surface area contributed by atoms with Crippen molar-refractivity contribution in [1.29, 1.82) is 0 Å². The molecule has 1 unspecified atom stereocenters. The number of sulfone groups is 1. The third kappa shape index (κ3) is 3.39. The number of rotatable bonds is 3. The topological polar surface area (TPSA) is 76.1 Å². The van der Waals surface area contributed by atoms with Gasteiger partial charge in [-0.2, -0.15) is 0 Å². The lowest BCUT2D eigenvalue weighted by atomic mass is 10.1. The van der Waals surface area contributed by atoms with Gasteiger partial charge in [0.25, 0.3) is 0 Å². The summed E-state index contributed by atoms with van der Waals surface area (Å²) in [6.07, 6.45) is 2.43. The van der Waals surface area contributed by atoms with Crippen molar-refractivity contribution < 1.29 is 13.2 Å². The third-order valence-electron chi connectivity index (χ3n) is 3.68. The number of hydrogen-bond donors (Lipinski definition) is 1. The van der Waals surface area contributed by atoms with Crippen molar-refractivity contribution >= 4 is 32.3 Å². The molecular formula is C15H16N2O3S. The number of nitrogens with one attached hydrogen (secondary N) is 1. The predicted molar refractivity (Wildman–Crippen MR) is 81.8 cm³/mol. The quantitative estimate of drug-likeness (QED) is 0.941. The summed E-state index contributed by atoms with van der Waals surface area (Å²) in [5.74, 6) is 0.0939. The Balaban J connectivity index is 1.66. The minimum absolute atomic E-state index is 0.0663. The molecule has 1 fully saturated rings. The molecule has 0 aliphatic carbocycles. The molecule has 110 valence electrons. The summed E-state index contributed by atoms with van der Waals surface area (Å²) in [5.41, 5.74) is 1.51. The van der Waals surface area contributed by atoms with Crippen LogP contribution >= 0.6 is 0 Å². The first kappa shape index (κ1) is 14.0. The van der Waals surface area contributed by atoms with Gasteiger partial charge in [-0.25, -0.2) is 8.42 Å². The molecule has 2 heterocycles. The number of nitrogens with zero attached hydrogens (tertiary/aromatic N) is 1. The van der Waals surface area contributed by atoms with E-state index in [1.807, 2.05) is 30.3 Å². The standard InChI is InChI=1S/C15H16N2O3S/c18-15(7-11-5-6-21(19,20)10-11)17-13-8-12-3-1-2-4-14(12)16-9-13/h1-4,8-9,11H,5-7,10H2,(H,17,18). The minimum atomic E-state index is -2.94. The van der Waals surface area contributed by atoms with Crippen LogP contribution in [0.4, 0.5) is 5.69 Å². The Kier molecular flexibility index (Phi) is 3.63. The lowest BCUT2D eigenvalue weighted by Crippen LogP contribution is -2.17. The molecule has 1 saturated heterocycles. The smallest absolute Gasteiger partial charge is 0.224 e. The summed E-state index contributed by atoms with van der Waals surface area (Å²) in [5, 5.41) is 3.75. The van der Waals surface area contributed by atoms with Crippen molar-refractivity contribution in [2.45, 2.75) is 12.8 Å². The van der Waals surface area contributed by atoms with Crippen LogP contribution in [0.3, 0.4) is 0 Å². The zero-order chi connectivity index (χ0) is 14.9. The number of fused-ring (bicyclic) bond motifs is 1. The lowest BCUT2D eigenvalue weighted by Gasteiger charge is -2.09. The molecule has 6 heteroatoms. The summed E-state index contributed by atoms with van der Waals surface area (Å²) in [6, 6.07) is 9.53. The molecular weight excluding hydrogens is 288 g/mol. The van der Waals surface area contributed by atoms with Gasteiger partial charge in [0.05, 0.1) is 28.9 Å². The van der Waals surface area contributed by atoms with Gasteiger partial charge in [-0.3, -0.25) is 9.78 Å². The van der Waals surface area contributed by atoms with Gasteiger partial charge >= 0.3 is 0 Å². The molecule has 2 aromatic rings. The molecule has 3 rings (SSSR count). The summed E-state index contributed by atoms with van der Waals surface area (Å²) in [6.45, 7) is 0. The number of pyridine rings is 1. The second kappa shape index (κ2) is 5.44. The van der Waals surface area contributed by atoms with Crippen LogP contribution in [0.2, 0.25) is 0 Å². The highest BCUT2D eigenvalue weighted by Crippen LogP contribution is 2.22. The number of anilines is 1. The van der Waals surface area contributed by atoms with Gasteiger partial charge < -0.3 is 5.32 Å². The van der Waals surface area contributed by atoms with Crippen LogP contribution in [0, 0.1) is 5.92 Å². The fourth-order valence-corrected chi connectivity index (χ4v) is 4.51. The van der Waals surface area contributed by atoms with E-state index < -0.39 is 9.84 Å². The highest BCUT2D eigenvalue weighted by molar-refractivity contribution is 7.91. The van der Waals surface area contributed by atoms with Crippen molar-refractivity contribution in [1.82, 2.24) is 4.98 Å². The fraction of sp³-hybridized carbons (Fsp3) is 0.333. The Labute approximate surface area is 123 Å². The molecule has 21 heavy (non-hydrogen) atoms. The normalized spacial score (nSPS) is 20.5. The Morgan fingerprint density at radius 1 is 1.33 bits per heavy atom. The maximum Gasteiger partial charge on any atom is 0.224 e. The van der Waals surface area contributed by atoms with Crippen molar-refractivity contribution in [3.8, 4) is 0 Å². The van der Waals surface area contributed by atoms with E-state index in [2.05, 4.69) is 10.3 Å². The van der Waals surface area contributed by atoms with Crippen LogP contribution in [0.1, 0.15) is 12.8 Å². The fourth-order valence-electron chi connectivity index (χ4n) is 2.65. The molecule has 0 radical (unpaired) electrons. The van der Waals surface area contributed by atoms with Crippen molar-refractivity contribution in [3.63, 3.8) is 0 Å². The third-order valence-corrected chi connectivity index (χ3v) is 5.51. The van der Waals surface area contributed by atoms with Gasteiger partial charge in [0.2, 0.25) is 5.91 Å². The lowest BCUT2D eigenvalue weighted by molar-refractivity contribution is -0.116. The largest absolute Gasteiger partial charge is 0.325 e. The molecule has 1 amide bonds. The first-order chi connectivity index (χ1) is 10.0. The molecule has 1 aliphatic heterocycles. The van der Waals surface area contributed by atoms with E-state index in [1.165, 1.54) is 0 Å². The second-order valence-electron chi connectivity index (χ2n) is 5.44. The monoisotopic (exact) mass is 304 g/mol. The molecule has 0 spiro atoms. The van der Waals surface area contributed by atoms with E-state index in [0.29, 0.717) is 12.1 Å².